The average molecular weight is 286 g/mol. The van der Waals surface area contributed by atoms with Crippen molar-refractivity contribution in [1.82, 2.24) is 0 Å². The summed E-state index contributed by atoms with van der Waals surface area (Å²) < 4.78 is 30.2. The van der Waals surface area contributed by atoms with Gasteiger partial charge in [-0.15, -0.1) is 0 Å². The van der Waals surface area contributed by atoms with E-state index in [1.54, 1.807) is 0 Å². The van der Waals surface area contributed by atoms with Crippen molar-refractivity contribution in [3.8, 4) is 0 Å². The fraction of sp³-hybridized carbons (Fsp3) is 0.538. The monoisotopic (exact) mass is 286 g/mol. The third-order valence-corrected chi connectivity index (χ3v) is 3.67. The molecule has 19 heavy (non-hydrogen) atoms. The Labute approximate surface area is 115 Å². The average Bonchev–Trinajstić information content (AvgIpc) is 2.33. The van der Waals surface area contributed by atoms with Crippen LogP contribution in [0.4, 0.5) is 11.4 Å². The molecule has 0 aromatic heterocycles. The van der Waals surface area contributed by atoms with Crippen LogP contribution in [0.2, 0.25) is 0 Å². The Balaban J connectivity index is 2.63. The Bertz CT molecular complexity index is 471. The Morgan fingerprint density at radius 3 is 2.26 bits per heavy atom. The predicted molar refractivity (Wildman–Crippen MR) is 79.0 cm³/mol. The molecule has 0 saturated heterocycles. The van der Waals surface area contributed by atoms with E-state index in [4.69, 9.17) is 10.3 Å². The molecule has 6 heteroatoms. The number of anilines is 2. The second kappa shape index (κ2) is 7.35. The standard InChI is InChI=1S/C13H22N2O3S/c1-2-3-9-15(10-4-11-19(16,17)18)13-7-5-12(14)6-8-13/h5-8H,2-4,9-11,14H2,1H3,(H,16,17,18). The number of hydrogen-bond acceptors (Lipinski definition) is 4. The number of rotatable bonds is 8. The topological polar surface area (TPSA) is 83.6 Å². The van der Waals surface area contributed by atoms with Crippen LogP contribution in [-0.2, 0) is 10.1 Å². The van der Waals surface area contributed by atoms with E-state index >= 15 is 0 Å². The highest BCUT2D eigenvalue weighted by atomic mass is 32.2. The van der Waals surface area contributed by atoms with Crippen LogP contribution in [0, 0.1) is 0 Å². The minimum absolute atomic E-state index is 0.204. The highest BCUT2D eigenvalue weighted by molar-refractivity contribution is 7.85. The molecule has 1 rings (SSSR count). The van der Waals surface area contributed by atoms with Gasteiger partial charge in [-0.1, -0.05) is 13.3 Å². The second-order valence-electron chi connectivity index (χ2n) is 4.57. The summed E-state index contributed by atoms with van der Waals surface area (Å²) in [7, 11) is -3.88. The van der Waals surface area contributed by atoms with Gasteiger partial charge in [-0.25, -0.2) is 0 Å². The van der Waals surface area contributed by atoms with Gasteiger partial charge in [0.25, 0.3) is 10.1 Å². The van der Waals surface area contributed by atoms with Gasteiger partial charge in [0, 0.05) is 24.5 Å². The predicted octanol–water partition coefficient (Wildman–Crippen LogP) is 2.15. The Hall–Kier alpha value is -1.27. The molecule has 0 fully saturated rings. The normalized spacial score (nSPS) is 11.5. The smallest absolute Gasteiger partial charge is 0.264 e. The SMILES string of the molecule is CCCCN(CCCS(=O)(=O)O)c1ccc(N)cc1. The number of nitrogens with zero attached hydrogens (tertiary/aromatic N) is 1. The maximum atomic E-state index is 10.7. The number of hydrogen-bond donors (Lipinski definition) is 2. The van der Waals surface area contributed by atoms with Gasteiger partial charge in [-0.3, -0.25) is 4.55 Å². The molecular formula is C13H22N2O3S. The molecule has 0 aliphatic carbocycles. The Morgan fingerprint density at radius 2 is 1.74 bits per heavy atom. The summed E-state index contributed by atoms with van der Waals surface area (Å²) in [5, 5.41) is 0. The van der Waals surface area contributed by atoms with Gasteiger partial charge in [0.15, 0.2) is 0 Å². The molecule has 1 aromatic carbocycles. The molecule has 0 radical (unpaired) electrons. The van der Waals surface area contributed by atoms with Gasteiger partial charge in [0.1, 0.15) is 0 Å². The molecule has 108 valence electrons. The van der Waals surface area contributed by atoms with E-state index in [-0.39, 0.29) is 5.75 Å². The molecule has 0 bridgehead atoms. The van der Waals surface area contributed by atoms with E-state index in [0.717, 1.165) is 25.1 Å². The van der Waals surface area contributed by atoms with Crippen molar-refractivity contribution in [1.29, 1.82) is 0 Å². The van der Waals surface area contributed by atoms with Crippen LogP contribution in [0.3, 0.4) is 0 Å². The number of nitrogens with two attached hydrogens (primary N) is 1. The van der Waals surface area contributed by atoms with E-state index in [1.807, 2.05) is 24.3 Å². The van der Waals surface area contributed by atoms with Gasteiger partial charge in [-0.2, -0.15) is 8.42 Å². The fourth-order valence-corrected chi connectivity index (χ4v) is 2.34. The molecular weight excluding hydrogens is 264 g/mol. The number of unbranched alkanes of at least 4 members (excludes halogenated alkanes) is 1. The van der Waals surface area contributed by atoms with Crippen molar-refractivity contribution in [3.05, 3.63) is 24.3 Å². The first-order valence-electron chi connectivity index (χ1n) is 6.48. The van der Waals surface area contributed by atoms with Gasteiger partial charge >= 0.3 is 0 Å². The lowest BCUT2D eigenvalue weighted by molar-refractivity contribution is 0.481. The first-order valence-corrected chi connectivity index (χ1v) is 8.09. The van der Waals surface area contributed by atoms with E-state index in [1.165, 1.54) is 0 Å². The summed E-state index contributed by atoms with van der Waals surface area (Å²) >= 11 is 0. The van der Waals surface area contributed by atoms with E-state index < -0.39 is 10.1 Å². The van der Waals surface area contributed by atoms with Gasteiger partial charge in [-0.05, 0) is 37.1 Å². The Morgan fingerprint density at radius 1 is 1.16 bits per heavy atom. The lowest BCUT2D eigenvalue weighted by atomic mass is 10.2. The van der Waals surface area contributed by atoms with E-state index in [2.05, 4.69) is 11.8 Å². The van der Waals surface area contributed by atoms with Crippen LogP contribution >= 0.6 is 0 Å². The summed E-state index contributed by atoms with van der Waals surface area (Å²) in [5.74, 6) is -0.204. The van der Waals surface area contributed by atoms with Gasteiger partial charge < -0.3 is 10.6 Å². The molecule has 0 aliphatic rings. The molecule has 0 atom stereocenters. The lowest BCUT2D eigenvalue weighted by Crippen LogP contribution is -2.27. The lowest BCUT2D eigenvalue weighted by Gasteiger charge is -2.24. The molecule has 0 aliphatic heterocycles. The third kappa shape index (κ3) is 6.45. The first-order chi connectivity index (χ1) is 8.92. The highest BCUT2D eigenvalue weighted by Crippen LogP contribution is 2.17. The summed E-state index contributed by atoms with van der Waals surface area (Å²) in [6, 6.07) is 7.52. The van der Waals surface area contributed by atoms with Crippen LogP contribution in [0.5, 0.6) is 0 Å². The van der Waals surface area contributed by atoms with E-state index in [0.29, 0.717) is 18.7 Å². The van der Waals surface area contributed by atoms with Crippen molar-refractivity contribution < 1.29 is 13.0 Å². The Kier molecular flexibility index (Phi) is 6.11. The maximum Gasteiger partial charge on any atom is 0.264 e. The quantitative estimate of drug-likeness (QED) is 0.565. The molecule has 0 heterocycles. The van der Waals surface area contributed by atoms with Crippen molar-refractivity contribution in [2.24, 2.45) is 0 Å². The molecule has 5 nitrogen and oxygen atoms in total. The minimum Gasteiger partial charge on any atom is -0.399 e. The highest BCUT2D eigenvalue weighted by Gasteiger charge is 2.09. The molecule has 0 saturated carbocycles. The zero-order chi connectivity index (χ0) is 14.3. The van der Waals surface area contributed by atoms with Crippen LogP contribution in [0.15, 0.2) is 24.3 Å². The summed E-state index contributed by atoms with van der Waals surface area (Å²) in [5.41, 5.74) is 7.38. The van der Waals surface area contributed by atoms with Crippen molar-refractivity contribution in [2.45, 2.75) is 26.2 Å². The molecule has 0 spiro atoms. The largest absolute Gasteiger partial charge is 0.399 e. The second-order valence-corrected chi connectivity index (χ2v) is 6.14. The summed E-state index contributed by atoms with van der Waals surface area (Å²) in [6.07, 6.45) is 2.52. The zero-order valence-corrected chi connectivity index (χ0v) is 12.1. The van der Waals surface area contributed by atoms with Crippen LogP contribution < -0.4 is 10.6 Å². The first kappa shape index (κ1) is 15.8. The molecule has 0 amide bonds. The minimum atomic E-state index is -3.88. The third-order valence-electron chi connectivity index (χ3n) is 2.87. The van der Waals surface area contributed by atoms with Gasteiger partial charge in [0.2, 0.25) is 0 Å². The molecule has 3 N–H and O–H groups in total. The fourth-order valence-electron chi connectivity index (χ4n) is 1.84. The van der Waals surface area contributed by atoms with Crippen LogP contribution in [0.25, 0.3) is 0 Å². The van der Waals surface area contributed by atoms with E-state index in [9.17, 15) is 8.42 Å². The molecule has 1 aromatic rings. The zero-order valence-electron chi connectivity index (χ0n) is 11.2. The number of benzene rings is 1. The van der Waals surface area contributed by atoms with Crippen molar-refractivity contribution in [3.63, 3.8) is 0 Å². The van der Waals surface area contributed by atoms with Crippen LogP contribution in [-0.4, -0.2) is 31.8 Å². The van der Waals surface area contributed by atoms with Gasteiger partial charge in [0.05, 0.1) is 5.75 Å². The molecule has 0 unspecified atom stereocenters. The number of nitrogen functional groups attached to an aromatic ring is 1. The van der Waals surface area contributed by atoms with Crippen molar-refractivity contribution >= 4 is 21.5 Å². The van der Waals surface area contributed by atoms with Crippen molar-refractivity contribution in [2.75, 3.05) is 29.5 Å². The van der Waals surface area contributed by atoms with Crippen LogP contribution in [0.1, 0.15) is 26.2 Å². The maximum absolute atomic E-state index is 10.7. The summed E-state index contributed by atoms with van der Waals surface area (Å²) in [6.45, 7) is 3.58. The summed E-state index contributed by atoms with van der Waals surface area (Å²) in [4.78, 5) is 2.12.